The maximum atomic E-state index is 10.6. The number of nitrogens with zero attached hydrogens (tertiary/aromatic N) is 1. The van der Waals surface area contributed by atoms with E-state index in [0.29, 0.717) is 11.8 Å². The second-order valence-corrected chi connectivity index (χ2v) is 6.79. The van der Waals surface area contributed by atoms with Gasteiger partial charge in [0.2, 0.25) is 0 Å². The molecule has 3 nitrogen and oxygen atoms in total. The summed E-state index contributed by atoms with van der Waals surface area (Å²) in [5.41, 5.74) is 2.68. The normalized spacial score (nSPS) is 19.9. The molecule has 20 heavy (non-hydrogen) atoms. The van der Waals surface area contributed by atoms with Gasteiger partial charge in [-0.3, -0.25) is 4.79 Å². The van der Waals surface area contributed by atoms with Crippen molar-refractivity contribution in [1.82, 2.24) is 4.90 Å². The highest BCUT2D eigenvalue weighted by atomic mass is 32.2. The minimum atomic E-state index is -0.695. The minimum Gasteiger partial charge on any atom is -0.481 e. The molecule has 1 aromatic carbocycles. The quantitative estimate of drug-likeness (QED) is 0.874. The molecule has 0 bridgehead atoms. The third-order valence-electron chi connectivity index (χ3n) is 3.71. The van der Waals surface area contributed by atoms with E-state index in [9.17, 15) is 4.79 Å². The fourth-order valence-electron chi connectivity index (χ4n) is 2.50. The van der Waals surface area contributed by atoms with Crippen LogP contribution in [0.2, 0.25) is 0 Å². The van der Waals surface area contributed by atoms with Gasteiger partial charge in [-0.2, -0.15) is 11.8 Å². The molecule has 4 heteroatoms. The highest BCUT2D eigenvalue weighted by Crippen LogP contribution is 2.25. The second-order valence-electron chi connectivity index (χ2n) is 5.51. The van der Waals surface area contributed by atoms with Crippen molar-refractivity contribution in [3.63, 3.8) is 0 Å². The Balaban J connectivity index is 1.75. The number of likely N-dealkylation sites (tertiary alicyclic amines) is 1. The zero-order valence-corrected chi connectivity index (χ0v) is 12.9. The van der Waals surface area contributed by atoms with E-state index in [4.69, 9.17) is 5.11 Å². The van der Waals surface area contributed by atoms with Gasteiger partial charge >= 0.3 is 5.97 Å². The lowest BCUT2D eigenvalue weighted by Gasteiger charge is -2.32. The molecule has 1 aliphatic rings. The van der Waals surface area contributed by atoms with Gasteiger partial charge in [0.15, 0.2) is 0 Å². The van der Waals surface area contributed by atoms with Gasteiger partial charge in [0, 0.05) is 24.1 Å². The molecule has 0 radical (unpaired) electrons. The van der Waals surface area contributed by atoms with Crippen molar-refractivity contribution in [3.8, 4) is 0 Å². The molecule has 1 heterocycles. The van der Waals surface area contributed by atoms with Crippen LogP contribution in [0.4, 0.5) is 0 Å². The van der Waals surface area contributed by atoms with Gasteiger partial charge in [-0.1, -0.05) is 29.8 Å². The number of hydrogen-bond acceptors (Lipinski definition) is 3. The van der Waals surface area contributed by atoms with Crippen molar-refractivity contribution in [1.29, 1.82) is 0 Å². The number of piperidine rings is 1. The Hall–Kier alpha value is -1.00. The van der Waals surface area contributed by atoms with Crippen LogP contribution in [-0.4, -0.2) is 40.9 Å². The Bertz CT molecular complexity index is 433. The monoisotopic (exact) mass is 293 g/mol. The predicted molar refractivity (Wildman–Crippen MR) is 84.2 cm³/mol. The Morgan fingerprint density at radius 1 is 1.40 bits per heavy atom. The number of carboxylic acid groups (broad SMARTS) is 1. The first-order valence-electron chi connectivity index (χ1n) is 7.25. The Kier molecular flexibility index (Phi) is 5.92. The van der Waals surface area contributed by atoms with Crippen LogP contribution in [0.5, 0.6) is 0 Å². The standard InChI is InChI=1S/C16H23NO2S/c1-13-4-6-14(7-5-13)12-20-15-3-2-9-17(11-15)10-8-16(18)19/h4-7,15H,2-3,8-12H2,1H3,(H,18,19). The molecule has 0 aliphatic carbocycles. The number of aliphatic carboxylic acids is 1. The van der Waals surface area contributed by atoms with Crippen molar-refractivity contribution in [2.24, 2.45) is 0 Å². The molecule has 1 fully saturated rings. The molecule has 2 rings (SSSR count). The summed E-state index contributed by atoms with van der Waals surface area (Å²) in [5.74, 6) is 0.358. The number of aryl methyl sites for hydroxylation is 1. The molecule has 1 aromatic rings. The fraction of sp³-hybridized carbons (Fsp3) is 0.562. The van der Waals surface area contributed by atoms with E-state index in [2.05, 4.69) is 36.1 Å². The molecule has 0 aromatic heterocycles. The molecule has 1 aliphatic heterocycles. The highest BCUT2D eigenvalue weighted by molar-refractivity contribution is 7.99. The van der Waals surface area contributed by atoms with Crippen LogP contribution in [0.1, 0.15) is 30.4 Å². The van der Waals surface area contributed by atoms with Crippen LogP contribution in [0, 0.1) is 6.92 Å². The number of carbonyl (C=O) groups is 1. The zero-order valence-electron chi connectivity index (χ0n) is 12.0. The third kappa shape index (κ3) is 5.17. The third-order valence-corrected chi connectivity index (χ3v) is 5.07. The average Bonchev–Trinajstić information content (AvgIpc) is 2.45. The van der Waals surface area contributed by atoms with Crippen molar-refractivity contribution >= 4 is 17.7 Å². The summed E-state index contributed by atoms with van der Waals surface area (Å²) >= 11 is 2.01. The predicted octanol–water partition coefficient (Wildman–Crippen LogP) is 3.17. The first-order valence-corrected chi connectivity index (χ1v) is 8.29. The van der Waals surface area contributed by atoms with Crippen LogP contribution in [0.25, 0.3) is 0 Å². The van der Waals surface area contributed by atoms with Gasteiger partial charge in [-0.25, -0.2) is 0 Å². The van der Waals surface area contributed by atoms with E-state index in [1.165, 1.54) is 24.0 Å². The number of carboxylic acids is 1. The maximum Gasteiger partial charge on any atom is 0.304 e. The molecule has 1 N–H and O–H groups in total. The zero-order chi connectivity index (χ0) is 14.4. The molecular formula is C16H23NO2S. The van der Waals surface area contributed by atoms with E-state index in [0.717, 1.165) is 18.8 Å². The van der Waals surface area contributed by atoms with Crippen molar-refractivity contribution in [2.45, 2.75) is 37.2 Å². The molecule has 0 amide bonds. The first kappa shape index (κ1) is 15.4. The molecule has 110 valence electrons. The van der Waals surface area contributed by atoms with Crippen LogP contribution in [0.15, 0.2) is 24.3 Å². The van der Waals surface area contributed by atoms with Crippen molar-refractivity contribution in [2.75, 3.05) is 19.6 Å². The molecule has 1 atom stereocenters. The van der Waals surface area contributed by atoms with Crippen LogP contribution < -0.4 is 0 Å². The Morgan fingerprint density at radius 3 is 2.85 bits per heavy atom. The van der Waals surface area contributed by atoms with Gasteiger partial charge in [0.05, 0.1) is 6.42 Å². The van der Waals surface area contributed by atoms with E-state index in [-0.39, 0.29) is 6.42 Å². The molecule has 0 saturated carbocycles. The van der Waals surface area contributed by atoms with Crippen molar-refractivity contribution < 1.29 is 9.90 Å². The average molecular weight is 293 g/mol. The van der Waals surface area contributed by atoms with Crippen LogP contribution in [0.3, 0.4) is 0 Å². The highest BCUT2D eigenvalue weighted by Gasteiger charge is 2.20. The number of rotatable bonds is 6. The van der Waals surface area contributed by atoms with Crippen LogP contribution >= 0.6 is 11.8 Å². The number of benzene rings is 1. The minimum absolute atomic E-state index is 0.259. The summed E-state index contributed by atoms with van der Waals surface area (Å²) in [6.45, 7) is 4.88. The van der Waals surface area contributed by atoms with E-state index in [1.807, 2.05) is 11.8 Å². The van der Waals surface area contributed by atoms with Crippen molar-refractivity contribution in [3.05, 3.63) is 35.4 Å². The Morgan fingerprint density at radius 2 is 2.15 bits per heavy atom. The van der Waals surface area contributed by atoms with Gasteiger partial charge in [-0.05, 0) is 31.9 Å². The van der Waals surface area contributed by atoms with Gasteiger partial charge < -0.3 is 10.0 Å². The second kappa shape index (κ2) is 7.70. The van der Waals surface area contributed by atoms with E-state index < -0.39 is 5.97 Å². The smallest absolute Gasteiger partial charge is 0.304 e. The van der Waals surface area contributed by atoms with E-state index >= 15 is 0 Å². The van der Waals surface area contributed by atoms with Gasteiger partial charge in [0.1, 0.15) is 0 Å². The Labute approximate surface area is 125 Å². The summed E-state index contributed by atoms with van der Waals surface area (Å²) in [6.07, 6.45) is 2.70. The summed E-state index contributed by atoms with van der Waals surface area (Å²) in [5, 5.41) is 9.39. The lowest BCUT2D eigenvalue weighted by molar-refractivity contribution is -0.137. The van der Waals surface area contributed by atoms with Crippen LogP contribution in [-0.2, 0) is 10.5 Å². The fourth-order valence-corrected chi connectivity index (χ4v) is 3.77. The first-order chi connectivity index (χ1) is 9.63. The molecule has 0 spiro atoms. The molecule has 1 unspecified atom stereocenters. The topological polar surface area (TPSA) is 40.5 Å². The lowest BCUT2D eigenvalue weighted by Crippen LogP contribution is -2.38. The maximum absolute atomic E-state index is 10.6. The van der Waals surface area contributed by atoms with E-state index in [1.54, 1.807) is 0 Å². The summed E-state index contributed by atoms with van der Waals surface area (Å²) in [7, 11) is 0. The SMILES string of the molecule is Cc1ccc(CSC2CCCN(CCC(=O)O)C2)cc1. The summed E-state index contributed by atoms with van der Waals surface area (Å²) in [4.78, 5) is 12.9. The van der Waals surface area contributed by atoms with Gasteiger partial charge in [0.25, 0.3) is 0 Å². The number of hydrogen-bond donors (Lipinski definition) is 1. The summed E-state index contributed by atoms with van der Waals surface area (Å²) < 4.78 is 0. The lowest BCUT2D eigenvalue weighted by atomic mass is 10.1. The molecule has 1 saturated heterocycles. The largest absolute Gasteiger partial charge is 0.481 e. The summed E-state index contributed by atoms with van der Waals surface area (Å²) in [6, 6.07) is 8.73. The van der Waals surface area contributed by atoms with Gasteiger partial charge in [-0.15, -0.1) is 0 Å². The number of thioether (sulfide) groups is 1. The molecular weight excluding hydrogens is 270 g/mol.